The minimum atomic E-state index is -0.475. The van der Waals surface area contributed by atoms with Gasteiger partial charge in [0.25, 0.3) is 0 Å². The first-order chi connectivity index (χ1) is 30.8. The van der Waals surface area contributed by atoms with Crippen LogP contribution in [0, 0.1) is 29.5 Å². The normalized spacial score (nSPS) is 22.2. The number of likely N-dealkylation sites (N-methyl/N-ethyl adjacent to an activating group) is 1. The van der Waals surface area contributed by atoms with E-state index in [9.17, 15) is 8.78 Å². The third-order valence-corrected chi connectivity index (χ3v) is 14.9. The average Bonchev–Trinajstić information content (AvgIpc) is 4.00. The monoisotopic (exact) mass is 870 g/mol. The molecule has 5 heterocycles. The second kappa shape index (κ2) is 18.5. The van der Waals surface area contributed by atoms with Crippen molar-refractivity contribution in [1.82, 2.24) is 25.5 Å². The van der Waals surface area contributed by atoms with Crippen molar-refractivity contribution in [2.45, 2.75) is 134 Å². The lowest BCUT2D eigenvalue weighted by Gasteiger charge is -2.64. The van der Waals surface area contributed by atoms with Gasteiger partial charge in [0.15, 0.2) is 5.82 Å². The number of hydrogen-bond donors (Lipinski definition) is 3. The molecule has 340 valence electrons. The molecule has 2 unspecified atom stereocenters. The Morgan fingerprint density at radius 1 is 0.984 bits per heavy atom. The smallest absolute Gasteiger partial charge is 0.229 e. The van der Waals surface area contributed by atoms with E-state index < -0.39 is 11.6 Å². The summed E-state index contributed by atoms with van der Waals surface area (Å²) in [6.07, 6.45) is 22.6. The Morgan fingerprint density at radius 2 is 1.69 bits per heavy atom. The number of hydrogen-bond acceptors (Lipinski definition) is 9. The van der Waals surface area contributed by atoms with Gasteiger partial charge in [-0.05, 0) is 106 Å². The number of allylic oxidation sites excluding steroid dienone is 2. The molecule has 9 rings (SSSR count). The first kappa shape index (κ1) is 45.1. The van der Waals surface area contributed by atoms with E-state index in [1.165, 1.54) is 56.2 Å². The highest BCUT2D eigenvalue weighted by Gasteiger charge is 2.59. The highest BCUT2D eigenvalue weighted by molar-refractivity contribution is 5.76. The largest absolute Gasteiger partial charge is 0.380 e. The summed E-state index contributed by atoms with van der Waals surface area (Å²) in [5.74, 6) is 0.382. The molecule has 4 aliphatic heterocycles. The zero-order chi connectivity index (χ0) is 45.3. The van der Waals surface area contributed by atoms with Crippen LogP contribution in [0.15, 0.2) is 79.9 Å². The van der Waals surface area contributed by atoms with Crippen LogP contribution in [0.3, 0.4) is 0 Å². The number of terminal acetylenes is 1. The van der Waals surface area contributed by atoms with Gasteiger partial charge in [-0.3, -0.25) is 0 Å². The first-order valence-corrected chi connectivity index (χ1v) is 23.8. The SMILES string of the molecule is C#CN1CC2(C1)CC(CCC)(NC(=C)c1ccc(Nc3ncc4c(n3)N(C3CCCC3)C(CC)C(=C)N4C)c(CC)c1)C2.C=C1CCC(c2c(F)cc(N3CCCC3)cc2F)C(=C)N1. The van der Waals surface area contributed by atoms with Gasteiger partial charge in [-0.2, -0.15) is 4.98 Å². The van der Waals surface area contributed by atoms with Crippen LogP contribution in [0.2, 0.25) is 0 Å². The van der Waals surface area contributed by atoms with Crippen LogP contribution in [-0.2, 0) is 6.42 Å². The molecule has 1 aromatic heterocycles. The molecule has 6 aliphatic rings. The number of aromatic nitrogens is 2. The van der Waals surface area contributed by atoms with E-state index in [1.807, 2.05) is 11.1 Å². The summed E-state index contributed by atoms with van der Waals surface area (Å²) in [5, 5.41) is 10.5. The van der Waals surface area contributed by atoms with Crippen molar-refractivity contribution in [3.05, 3.63) is 108 Å². The Hall–Kier alpha value is -5.50. The predicted molar refractivity (Wildman–Crippen MR) is 261 cm³/mol. The molecule has 3 aromatic rings. The number of aryl methyl sites for hydroxylation is 1. The highest BCUT2D eigenvalue weighted by atomic mass is 19.1. The molecule has 2 saturated carbocycles. The number of nitrogens with one attached hydrogen (secondary N) is 3. The van der Waals surface area contributed by atoms with Gasteiger partial charge in [0.1, 0.15) is 17.3 Å². The number of benzene rings is 2. The van der Waals surface area contributed by atoms with E-state index in [1.54, 1.807) is 0 Å². The number of halogens is 2. The maximum atomic E-state index is 14.5. The lowest BCUT2D eigenvalue weighted by Crippen LogP contribution is -2.70. The Labute approximate surface area is 381 Å². The average molecular weight is 870 g/mol. The number of rotatable bonds is 12. The number of anilines is 5. The van der Waals surface area contributed by atoms with Crippen molar-refractivity contribution in [2.75, 3.05) is 53.2 Å². The summed E-state index contributed by atoms with van der Waals surface area (Å²) in [6, 6.07) is 13.1. The van der Waals surface area contributed by atoms with Gasteiger partial charge in [0.2, 0.25) is 5.95 Å². The molecule has 5 fully saturated rings. The lowest BCUT2D eigenvalue weighted by atomic mass is 9.52. The van der Waals surface area contributed by atoms with Crippen molar-refractivity contribution >= 4 is 34.5 Å². The fourth-order valence-corrected chi connectivity index (χ4v) is 11.8. The Kier molecular flexibility index (Phi) is 13.1. The minimum Gasteiger partial charge on any atom is -0.380 e. The van der Waals surface area contributed by atoms with Gasteiger partial charge in [-0.1, -0.05) is 78.8 Å². The van der Waals surface area contributed by atoms with E-state index in [0.717, 1.165) is 105 Å². The van der Waals surface area contributed by atoms with E-state index in [0.29, 0.717) is 41.6 Å². The molecule has 1 spiro atoms. The minimum absolute atomic E-state index is 0.118. The van der Waals surface area contributed by atoms with Crippen LogP contribution >= 0.6 is 0 Å². The Morgan fingerprint density at radius 3 is 2.31 bits per heavy atom. The number of piperidine rings is 1. The van der Waals surface area contributed by atoms with Crippen LogP contribution in [0.25, 0.3) is 5.70 Å². The van der Waals surface area contributed by atoms with Crippen LogP contribution in [0.1, 0.15) is 127 Å². The number of nitrogens with zero attached hydrogens (tertiary/aromatic N) is 6. The Bertz CT molecular complexity index is 2280. The highest BCUT2D eigenvalue weighted by Crippen LogP contribution is 2.56. The molecule has 2 atom stereocenters. The third-order valence-electron chi connectivity index (χ3n) is 14.9. The molecular weight excluding hydrogens is 801 g/mol. The van der Waals surface area contributed by atoms with Gasteiger partial charge in [0, 0.05) is 102 Å². The zero-order valence-electron chi connectivity index (χ0n) is 38.8. The lowest BCUT2D eigenvalue weighted by molar-refractivity contribution is -0.0911. The molecule has 9 nitrogen and oxygen atoms in total. The molecular formula is C53H69F2N9. The summed E-state index contributed by atoms with van der Waals surface area (Å²) >= 11 is 0. The van der Waals surface area contributed by atoms with Crippen molar-refractivity contribution < 1.29 is 8.78 Å². The van der Waals surface area contributed by atoms with Crippen molar-refractivity contribution in [3.63, 3.8) is 0 Å². The molecule has 2 aromatic carbocycles. The van der Waals surface area contributed by atoms with Gasteiger partial charge in [-0.15, -0.1) is 0 Å². The molecule has 0 amide bonds. The summed E-state index contributed by atoms with van der Waals surface area (Å²) in [6.45, 7) is 27.2. The van der Waals surface area contributed by atoms with Gasteiger partial charge in [0.05, 0.1) is 12.2 Å². The summed E-state index contributed by atoms with van der Waals surface area (Å²) in [7, 11) is 2.09. The third kappa shape index (κ3) is 8.82. The van der Waals surface area contributed by atoms with E-state index >= 15 is 0 Å². The second-order valence-electron chi connectivity index (χ2n) is 19.4. The number of fused-ring (bicyclic) bond motifs is 1. The van der Waals surface area contributed by atoms with E-state index in [4.69, 9.17) is 16.4 Å². The van der Waals surface area contributed by atoms with Crippen LogP contribution < -0.4 is 30.7 Å². The fraction of sp³-hybridized carbons (Fsp3) is 0.509. The van der Waals surface area contributed by atoms with Crippen molar-refractivity contribution in [2.24, 2.45) is 5.41 Å². The van der Waals surface area contributed by atoms with Gasteiger partial charge in [-0.25, -0.2) is 13.8 Å². The first-order valence-electron chi connectivity index (χ1n) is 23.8. The summed E-state index contributed by atoms with van der Waals surface area (Å²) < 4.78 is 28.9. The van der Waals surface area contributed by atoms with E-state index in [2.05, 4.69) is 109 Å². The van der Waals surface area contributed by atoms with Gasteiger partial charge < -0.3 is 35.6 Å². The Balaban J connectivity index is 0.000000223. The maximum Gasteiger partial charge on any atom is 0.229 e. The quantitative estimate of drug-likeness (QED) is 0.154. The predicted octanol–water partition coefficient (Wildman–Crippen LogP) is 11.1. The zero-order valence-corrected chi connectivity index (χ0v) is 38.8. The second-order valence-corrected chi connectivity index (χ2v) is 19.4. The van der Waals surface area contributed by atoms with Crippen molar-refractivity contribution in [3.8, 4) is 12.5 Å². The van der Waals surface area contributed by atoms with Crippen LogP contribution in [0.4, 0.5) is 37.6 Å². The molecule has 11 heteroatoms. The molecule has 3 saturated heterocycles. The molecule has 2 aliphatic carbocycles. The maximum absolute atomic E-state index is 14.5. The van der Waals surface area contributed by atoms with Gasteiger partial charge >= 0.3 is 0 Å². The molecule has 3 N–H and O–H groups in total. The topological polar surface area (TPSA) is 74.8 Å². The van der Waals surface area contributed by atoms with Crippen LogP contribution in [-0.4, -0.2) is 65.7 Å². The molecule has 64 heavy (non-hydrogen) atoms. The molecule has 0 radical (unpaired) electrons. The standard InChI is InChI=1S/C36H49N7.C17H20F2N2/c1-8-18-36(21-35(22-36)23-42(11-4)24-35)40-25(5)28-16-17-30(27(9-2)19-28)38-34-37-20-32-33(39-34)43(29-14-12-13-15-29)31(10-3)26(6)41(32)7;1-11-5-6-14(12(2)20-11)17-15(18)9-13(10-16(17)19)21-7-3-4-8-21/h4,16-17,19-20,29,31,40H,5-6,8-10,12-15,18,21-24H2,1-3,7H3,(H,37,38,39);9-10,14,20H,1-8H2. The fourth-order valence-electron chi connectivity index (χ4n) is 11.8. The summed E-state index contributed by atoms with van der Waals surface area (Å²) in [4.78, 5) is 18.8. The van der Waals surface area contributed by atoms with E-state index in [-0.39, 0.29) is 23.1 Å². The summed E-state index contributed by atoms with van der Waals surface area (Å²) in [5.41, 5.74) is 9.33. The molecule has 0 bridgehead atoms. The van der Waals surface area contributed by atoms with Crippen LogP contribution in [0.5, 0.6) is 0 Å². The van der Waals surface area contributed by atoms with Crippen molar-refractivity contribution in [1.29, 1.82) is 0 Å². The number of likely N-dealkylation sites (tertiary alicyclic amines) is 1.